The Morgan fingerprint density at radius 2 is 1.73 bits per heavy atom. The number of hydrogen-bond acceptors (Lipinski definition) is 4. The first-order valence-electron chi connectivity index (χ1n) is 9.32. The zero-order valence-corrected chi connectivity index (χ0v) is 16.4. The molecule has 1 fully saturated rings. The monoisotopic (exact) mass is 372 g/mol. The number of hydrogen-bond donors (Lipinski definition) is 1. The van der Waals surface area contributed by atoms with Crippen LogP contribution in [0.3, 0.4) is 0 Å². The Hall–Kier alpha value is -1.69. The summed E-state index contributed by atoms with van der Waals surface area (Å²) in [6.45, 7) is 3.76. The molecule has 0 unspecified atom stereocenters. The summed E-state index contributed by atoms with van der Waals surface area (Å²) in [5, 5.41) is 3.71. The molecule has 0 saturated carbocycles. The highest BCUT2D eigenvalue weighted by Gasteiger charge is 2.23. The molecule has 1 aliphatic rings. The van der Waals surface area contributed by atoms with Gasteiger partial charge < -0.3 is 10.2 Å². The van der Waals surface area contributed by atoms with E-state index in [2.05, 4.69) is 29.4 Å². The molecule has 4 nitrogen and oxygen atoms in total. The maximum Gasteiger partial charge on any atom is 0.178 e. The molecule has 140 valence electrons. The van der Waals surface area contributed by atoms with Gasteiger partial charge in [0, 0.05) is 12.6 Å². The Morgan fingerprint density at radius 3 is 2.31 bits per heavy atom. The number of nitrogens with one attached hydrogen (secondary N) is 1. The molecule has 0 radical (unpaired) electrons. The Labute approximate surface area is 157 Å². The zero-order valence-electron chi connectivity index (χ0n) is 15.6. The lowest BCUT2D eigenvalue weighted by Gasteiger charge is -2.25. The predicted octanol–water partition coefficient (Wildman–Crippen LogP) is 3.25. The summed E-state index contributed by atoms with van der Waals surface area (Å²) in [4.78, 5) is 2.80. The van der Waals surface area contributed by atoms with E-state index in [1.165, 1.54) is 18.4 Å². The fourth-order valence-electron chi connectivity index (χ4n) is 3.60. The number of benzene rings is 2. The van der Waals surface area contributed by atoms with Crippen molar-refractivity contribution in [3.63, 3.8) is 0 Å². The van der Waals surface area contributed by atoms with Crippen molar-refractivity contribution < 1.29 is 8.42 Å². The first-order chi connectivity index (χ1) is 12.5. The van der Waals surface area contributed by atoms with Gasteiger partial charge in [-0.2, -0.15) is 0 Å². The lowest BCUT2D eigenvalue weighted by atomic mass is 9.98. The maximum atomic E-state index is 12.1. The molecule has 0 aliphatic carbocycles. The number of rotatable bonds is 7. The van der Waals surface area contributed by atoms with Gasteiger partial charge in [-0.1, -0.05) is 49.4 Å². The third-order valence-corrected chi connectivity index (χ3v) is 7.07. The molecule has 1 aliphatic heterocycles. The van der Waals surface area contributed by atoms with E-state index in [0.29, 0.717) is 10.9 Å². The van der Waals surface area contributed by atoms with Gasteiger partial charge in [-0.3, -0.25) is 0 Å². The number of nitrogens with zero attached hydrogens (tertiary/aromatic N) is 1. The lowest BCUT2D eigenvalue weighted by molar-refractivity contribution is 0.295. The molecule has 1 N–H and O–H groups in total. The second-order valence-electron chi connectivity index (χ2n) is 7.00. The third-order valence-electron chi connectivity index (χ3n) is 5.31. The summed E-state index contributed by atoms with van der Waals surface area (Å²) in [5.74, 6) is 0.126. The quantitative estimate of drug-likeness (QED) is 0.810. The summed E-state index contributed by atoms with van der Waals surface area (Å²) >= 11 is 0. The SMILES string of the molecule is CCS(=O)(=O)c1ccc([C@H](NC[C@H]2CCCN2C)c2ccccc2)cc1. The summed E-state index contributed by atoms with van der Waals surface area (Å²) in [6.07, 6.45) is 2.47. The van der Waals surface area contributed by atoms with E-state index in [1.54, 1.807) is 19.1 Å². The van der Waals surface area contributed by atoms with Gasteiger partial charge in [0.2, 0.25) is 0 Å². The molecule has 1 heterocycles. The Bertz CT molecular complexity index is 804. The van der Waals surface area contributed by atoms with E-state index < -0.39 is 9.84 Å². The highest BCUT2D eigenvalue weighted by molar-refractivity contribution is 7.91. The van der Waals surface area contributed by atoms with Crippen LogP contribution in [0.1, 0.15) is 36.9 Å². The van der Waals surface area contributed by atoms with Gasteiger partial charge in [-0.15, -0.1) is 0 Å². The highest BCUT2D eigenvalue weighted by atomic mass is 32.2. The van der Waals surface area contributed by atoms with E-state index >= 15 is 0 Å². The summed E-state index contributed by atoms with van der Waals surface area (Å²) in [7, 11) is -0.983. The van der Waals surface area contributed by atoms with Crippen molar-refractivity contribution in [2.75, 3.05) is 25.9 Å². The summed E-state index contributed by atoms with van der Waals surface area (Å²) in [6, 6.07) is 18.3. The molecule has 0 amide bonds. The first-order valence-corrected chi connectivity index (χ1v) is 11.0. The van der Waals surface area contributed by atoms with Gasteiger partial charge in [0.05, 0.1) is 16.7 Å². The fraction of sp³-hybridized carbons (Fsp3) is 0.429. The number of sulfone groups is 1. The van der Waals surface area contributed by atoms with Crippen molar-refractivity contribution in [3.8, 4) is 0 Å². The Balaban J connectivity index is 1.83. The van der Waals surface area contributed by atoms with Crippen LogP contribution in [0.2, 0.25) is 0 Å². The third kappa shape index (κ3) is 4.34. The normalized spacial score (nSPS) is 19.5. The molecule has 0 bridgehead atoms. The van der Waals surface area contributed by atoms with Gasteiger partial charge in [0.1, 0.15) is 0 Å². The largest absolute Gasteiger partial charge is 0.305 e. The molecule has 26 heavy (non-hydrogen) atoms. The molecule has 5 heteroatoms. The number of likely N-dealkylation sites (N-methyl/N-ethyl adjacent to an activating group) is 1. The van der Waals surface area contributed by atoms with E-state index in [4.69, 9.17) is 0 Å². The average Bonchev–Trinajstić information content (AvgIpc) is 3.08. The van der Waals surface area contributed by atoms with Crippen LogP contribution < -0.4 is 5.32 Å². The van der Waals surface area contributed by atoms with Crippen LogP contribution >= 0.6 is 0 Å². The molecule has 2 atom stereocenters. The zero-order chi connectivity index (χ0) is 18.6. The van der Waals surface area contributed by atoms with E-state index in [1.807, 2.05) is 30.3 Å². The van der Waals surface area contributed by atoms with Crippen LogP contribution in [0.15, 0.2) is 59.5 Å². The summed E-state index contributed by atoms with van der Waals surface area (Å²) < 4.78 is 24.1. The van der Waals surface area contributed by atoms with Crippen LogP contribution in [0.5, 0.6) is 0 Å². The van der Waals surface area contributed by atoms with Crippen molar-refractivity contribution in [1.29, 1.82) is 0 Å². The minimum absolute atomic E-state index is 0.0589. The molecule has 1 saturated heterocycles. The molecular weight excluding hydrogens is 344 g/mol. The predicted molar refractivity (Wildman–Crippen MR) is 106 cm³/mol. The van der Waals surface area contributed by atoms with Gasteiger partial charge in [0.25, 0.3) is 0 Å². The molecule has 3 rings (SSSR count). The molecular formula is C21H28N2O2S. The average molecular weight is 373 g/mol. The Kier molecular flexibility index (Phi) is 6.12. The highest BCUT2D eigenvalue weighted by Crippen LogP contribution is 2.25. The van der Waals surface area contributed by atoms with E-state index in [0.717, 1.165) is 18.7 Å². The van der Waals surface area contributed by atoms with Crippen molar-refractivity contribution in [2.24, 2.45) is 0 Å². The van der Waals surface area contributed by atoms with Gasteiger partial charge in [-0.25, -0.2) is 8.42 Å². The topological polar surface area (TPSA) is 49.4 Å². The first kappa shape index (κ1) is 19.1. The van der Waals surface area contributed by atoms with E-state index in [9.17, 15) is 8.42 Å². The smallest absolute Gasteiger partial charge is 0.178 e. The van der Waals surface area contributed by atoms with Crippen LogP contribution in [0.25, 0.3) is 0 Å². The van der Waals surface area contributed by atoms with Crippen LogP contribution in [-0.2, 0) is 9.84 Å². The van der Waals surface area contributed by atoms with Crippen LogP contribution in [0, 0.1) is 0 Å². The molecule has 0 spiro atoms. The minimum atomic E-state index is -3.17. The maximum absolute atomic E-state index is 12.1. The fourth-order valence-corrected chi connectivity index (χ4v) is 4.48. The standard InChI is InChI=1S/C21H28N2O2S/c1-3-26(24,25)20-13-11-18(12-14-20)21(17-8-5-4-6-9-17)22-16-19-10-7-15-23(19)2/h4-6,8-9,11-14,19,21-22H,3,7,10,15-16H2,1-2H3/t19-,21-/m1/s1. The van der Waals surface area contributed by atoms with Crippen LogP contribution in [-0.4, -0.2) is 45.2 Å². The molecule has 2 aromatic rings. The molecule has 2 aromatic carbocycles. The van der Waals surface area contributed by atoms with Gasteiger partial charge >= 0.3 is 0 Å². The lowest BCUT2D eigenvalue weighted by Crippen LogP contribution is -2.37. The second-order valence-corrected chi connectivity index (χ2v) is 9.28. The van der Waals surface area contributed by atoms with Crippen molar-refractivity contribution in [3.05, 3.63) is 65.7 Å². The van der Waals surface area contributed by atoms with Crippen molar-refractivity contribution >= 4 is 9.84 Å². The number of likely N-dealkylation sites (tertiary alicyclic amines) is 1. The van der Waals surface area contributed by atoms with Gasteiger partial charge in [0.15, 0.2) is 9.84 Å². The summed E-state index contributed by atoms with van der Waals surface area (Å²) in [5.41, 5.74) is 2.28. The van der Waals surface area contributed by atoms with Crippen molar-refractivity contribution in [1.82, 2.24) is 10.2 Å². The minimum Gasteiger partial charge on any atom is -0.305 e. The van der Waals surface area contributed by atoms with Crippen molar-refractivity contribution in [2.45, 2.75) is 36.7 Å². The van der Waals surface area contributed by atoms with Crippen LogP contribution in [0.4, 0.5) is 0 Å². The second kappa shape index (κ2) is 8.33. The molecule has 0 aromatic heterocycles. The van der Waals surface area contributed by atoms with Gasteiger partial charge in [-0.05, 0) is 49.7 Å². The van der Waals surface area contributed by atoms with E-state index in [-0.39, 0.29) is 11.8 Å². The Morgan fingerprint density at radius 1 is 1.08 bits per heavy atom.